The lowest BCUT2D eigenvalue weighted by atomic mass is 9.61. The molecule has 0 bridgehead atoms. The standard InChI is InChI=1S/C24H30Br2O2/c1-5-7-13-23(27-3)21-15-17(25)9-11-19(21)20-12-10-18(26)16-22(20)24(23,28-4)14-8-6-2/h9-12,15-16H,5-8,13-14H2,1-4H3. The summed E-state index contributed by atoms with van der Waals surface area (Å²) in [6.07, 6.45) is 6.25. The van der Waals surface area contributed by atoms with Crippen molar-refractivity contribution in [1.29, 1.82) is 0 Å². The molecular formula is C24H30Br2O2. The smallest absolute Gasteiger partial charge is 0.126 e. The van der Waals surface area contributed by atoms with Gasteiger partial charge in [-0.2, -0.15) is 0 Å². The third kappa shape index (κ3) is 3.40. The molecule has 0 N–H and O–H groups in total. The van der Waals surface area contributed by atoms with Crippen molar-refractivity contribution in [3.63, 3.8) is 0 Å². The van der Waals surface area contributed by atoms with E-state index in [9.17, 15) is 0 Å². The van der Waals surface area contributed by atoms with E-state index in [1.165, 1.54) is 22.3 Å². The number of rotatable bonds is 8. The highest BCUT2D eigenvalue weighted by Crippen LogP contribution is 2.59. The van der Waals surface area contributed by atoms with Crippen LogP contribution in [0.1, 0.15) is 63.5 Å². The Morgan fingerprint density at radius 2 is 1.11 bits per heavy atom. The van der Waals surface area contributed by atoms with Gasteiger partial charge in [0.05, 0.1) is 0 Å². The van der Waals surface area contributed by atoms with E-state index in [2.05, 4.69) is 82.1 Å². The summed E-state index contributed by atoms with van der Waals surface area (Å²) in [4.78, 5) is 0. The zero-order chi connectivity index (χ0) is 20.4. The highest BCUT2D eigenvalue weighted by molar-refractivity contribution is 9.10. The molecular weight excluding hydrogens is 480 g/mol. The average molecular weight is 510 g/mol. The molecule has 28 heavy (non-hydrogen) atoms. The molecule has 2 atom stereocenters. The lowest BCUT2D eigenvalue weighted by Gasteiger charge is -2.54. The maximum Gasteiger partial charge on any atom is 0.126 e. The minimum Gasteiger partial charge on any atom is -0.370 e. The van der Waals surface area contributed by atoms with Crippen molar-refractivity contribution in [1.82, 2.24) is 0 Å². The Bertz CT molecular complexity index is 766. The van der Waals surface area contributed by atoms with Crippen LogP contribution in [0.25, 0.3) is 11.1 Å². The van der Waals surface area contributed by atoms with Gasteiger partial charge in [0, 0.05) is 23.2 Å². The van der Waals surface area contributed by atoms with Gasteiger partial charge < -0.3 is 9.47 Å². The normalized spacial score (nSPS) is 23.4. The molecule has 0 saturated heterocycles. The molecule has 2 nitrogen and oxygen atoms in total. The largest absolute Gasteiger partial charge is 0.370 e. The Kier molecular flexibility index (Phi) is 7.07. The van der Waals surface area contributed by atoms with Gasteiger partial charge in [-0.3, -0.25) is 0 Å². The van der Waals surface area contributed by atoms with Crippen LogP contribution in [-0.2, 0) is 20.7 Å². The Balaban J connectivity index is 2.41. The van der Waals surface area contributed by atoms with Crippen molar-refractivity contribution >= 4 is 31.9 Å². The lowest BCUT2D eigenvalue weighted by Crippen LogP contribution is -2.54. The van der Waals surface area contributed by atoms with Crippen LogP contribution < -0.4 is 0 Å². The second-order valence-electron chi connectivity index (χ2n) is 7.65. The number of unbranched alkanes of at least 4 members (excludes halogenated alkanes) is 2. The van der Waals surface area contributed by atoms with Crippen LogP contribution in [0.5, 0.6) is 0 Å². The Morgan fingerprint density at radius 3 is 1.43 bits per heavy atom. The fraction of sp³-hybridized carbons (Fsp3) is 0.500. The van der Waals surface area contributed by atoms with Gasteiger partial charge in [-0.1, -0.05) is 83.5 Å². The molecule has 2 aromatic rings. The lowest BCUT2D eigenvalue weighted by molar-refractivity contribution is -0.210. The zero-order valence-corrected chi connectivity index (χ0v) is 20.5. The van der Waals surface area contributed by atoms with Crippen molar-refractivity contribution in [3.05, 3.63) is 56.5 Å². The van der Waals surface area contributed by atoms with Crippen LogP contribution in [0.3, 0.4) is 0 Å². The van der Waals surface area contributed by atoms with E-state index in [-0.39, 0.29) is 0 Å². The van der Waals surface area contributed by atoms with Crippen LogP contribution in [-0.4, -0.2) is 14.2 Å². The first-order valence-corrected chi connectivity index (χ1v) is 11.8. The van der Waals surface area contributed by atoms with Gasteiger partial charge >= 0.3 is 0 Å². The van der Waals surface area contributed by atoms with Crippen LogP contribution in [0.2, 0.25) is 0 Å². The van der Waals surface area contributed by atoms with Crippen molar-refractivity contribution < 1.29 is 9.47 Å². The summed E-state index contributed by atoms with van der Waals surface area (Å²) in [5.74, 6) is 0. The highest BCUT2D eigenvalue weighted by Gasteiger charge is 2.58. The monoisotopic (exact) mass is 508 g/mol. The summed E-state index contributed by atoms with van der Waals surface area (Å²) >= 11 is 7.40. The molecule has 0 aliphatic heterocycles. The first-order chi connectivity index (χ1) is 13.5. The molecule has 0 amide bonds. The van der Waals surface area contributed by atoms with E-state index in [0.717, 1.165) is 47.5 Å². The average Bonchev–Trinajstić information content (AvgIpc) is 2.71. The SMILES string of the molecule is CCCCC1(OC)c2cc(Br)ccc2-c2ccc(Br)cc2C1(CCCC)OC. The fourth-order valence-corrected chi connectivity index (χ4v) is 5.61. The Hall–Kier alpha value is -0.680. The van der Waals surface area contributed by atoms with Crippen LogP contribution >= 0.6 is 31.9 Å². The predicted molar refractivity (Wildman–Crippen MR) is 124 cm³/mol. The molecule has 2 aromatic carbocycles. The second-order valence-corrected chi connectivity index (χ2v) is 9.48. The summed E-state index contributed by atoms with van der Waals surface area (Å²) in [5, 5.41) is 0. The molecule has 4 heteroatoms. The van der Waals surface area contributed by atoms with Crippen molar-refractivity contribution in [3.8, 4) is 11.1 Å². The Morgan fingerprint density at radius 1 is 0.714 bits per heavy atom. The van der Waals surface area contributed by atoms with E-state index < -0.39 is 11.2 Å². The summed E-state index contributed by atoms with van der Waals surface area (Å²) in [7, 11) is 3.70. The van der Waals surface area contributed by atoms with E-state index in [1.54, 1.807) is 0 Å². The van der Waals surface area contributed by atoms with Crippen molar-refractivity contribution in [2.24, 2.45) is 0 Å². The van der Waals surface area contributed by atoms with E-state index in [0.29, 0.717) is 0 Å². The number of methoxy groups -OCH3 is 2. The van der Waals surface area contributed by atoms with Gasteiger partial charge in [-0.15, -0.1) is 0 Å². The zero-order valence-electron chi connectivity index (χ0n) is 17.3. The maximum absolute atomic E-state index is 6.50. The topological polar surface area (TPSA) is 18.5 Å². The number of ether oxygens (including phenoxy) is 2. The number of hydrogen-bond donors (Lipinski definition) is 0. The third-order valence-electron chi connectivity index (χ3n) is 6.24. The molecule has 1 aliphatic rings. The minimum atomic E-state index is -0.528. The molecule has 2 unspecified atom stereocenters. The summed E-state index contributed by atoms with van der Waals surface area (Å²) in [5.41, 5.74) is 3.89. The molecule has 0 fully saturated rings. The summed E-state index contributed by atoms with van der Waals surface area (Å²) in [6, 6.07) is 13.1. The van der Waals surface area contributed by atoms with Gasteiger partial charge in [0.1, 0.15) is 11.2 Å². The molecule has 0 spiro atoms. The highest BCUT2D eigenvalue weighted by atomic mass is 79.9. The first kappa shape index (κ1) is 22.0. The summed E-state index contributed by atoms with van der Waals surface area (Å²) < 4.78 is 15.2. The molecule has 152 valence electrons. The van der Waals surface area contributed by atoms with Crippen LogP contribution in [0.4, 0.5) is 0 Å². The van der Waals surface area contributed by atoms with E-state index in [1.807, 2.05) is 14.2 Å². The predicted octanol–water partition coefficient (Wildman–Crippen LogP) is 7.96. The second kappa shape index (κ2) is 8.99. The number of fused-ring (bicyclic) bond motifs is 3. The Labute approximate surface area is 186 Å². The van der Waals surface area contributed by atoms with E-state index in [4.69, 9.17) is 9.47 Å². The molecule has 0 heterocycles. The minimum absolute atomic E-state index is 0.528. The van der Waals surface area contributed by atoms with Crippen LogP contribution in [0, 0.1) is 0 Å². The molecule has 1 aliphatic carbocycles. The van der Waals surface area contributed by atoms with E-state index >= 15 is 0 Å². The van der Waals surface area contributed by atoms with Crippen molar-refractivity contribution in [2.45, 2.75) is 63.6 Å². The first-order valence-electron chi connectivity index (χ1n) is 10.2. The van der Waals surface area contributed by atoms with Gasteiger partial charge in [0.25, 0.3) is 0 Å². The number of halogens is 2. The van der Waals surface area contributed by atoms with Gasteiger partial charge in [-0.05, 0) is 59.4 Å². The quantitative estimate of drug-likeness (QED) is 0.359. The van der Waals surface area contributed by atoms with Crippen molar-refractivity contribution in [2.75, 3.05) is 14.2 Å². The van der Waals surface area contributed by atoms with Gasteiger partial charge in [0.15, 0.2) is 0 Å². The summed E-state index contributed by atoms with van der Waals surface area (Å²) in [6.45, 7) is 4.47. The van der Waals surface area contributed by atoms with Gasteiger partial charge in [0.2, 0.25) is 0 Å². The number of benzene rings is 2. The fourth-order valence-electron chi connectivity index (χ4n) is 4.88. The molecule has 0 saturated carbocycles. The molecule has 3 rings (SSSR count). The number of hydrogen-bond acceptors (Lipinski definition) is 2. The molecule has 0 radical (unpaired) electrons. The molecule has 0 aromatic heterocycles. The third-order valence-corrected chi connectivity index (χ3v) is 7.22. The van der Waals surface area contributed by atoms with Crippen LogP contribution in [0.15, 0.2) is 45.3 Å². The maximum atomic E-state index is 6.50. The van der Waals surface area contributed by atoms with Gasteiger partial charge in [-0.25, -0.2) is 0 Å².